The number of carbonyl (C=O) groups excluding carboxylic acids is 1. The molecule has 1 aromatic carbocycles. The van der Waals surface area contributed by atoms with Crippen LogP contribution in [0.1, 0.15) is 81.1 Å². The highest BCUT2D eigenvalue weighted by molar-refractivity contribution is 5.89. The molecule has 0 radical (unpaired) electrons. The lowest BCUT2D eigenvalue weighted by Crippen LogP contribution is -2.23. The number of hydrogen-bond acceptors (Lipinski definition) is 3. The first-order valence-corrected chi connectivity index (χ1v) is 9.50. The van der Waals surface area contributed by atoms with Crippen LogP contribution >= 0.6 is 0 Å². The smallest absolute Gasteiger partial charge is 0.338 e. The lowest BCUT2D eigenvalue weighted by atomic mass is 10.1. The summed E-state index contributed by atoms with van der Waals surface area (Å²) >= 11 is 0. The molecular formula is C21H34O3. The Kier molecular flexibility index (Phi) is 11.2. The molecule has 136 valence electrons. The number of hydrogen-bond donors (Lipinski definition) is 0. The molecule has 3 nitrogen and oxygen atoms in total. The molecule has 0 saturated heterocycles. The standard InChI is InChI=1S/C21H34O3/c1-4-6-7-8-9-10-11-15-20(17-23-3)24-21(22)19-14-12-13-18(5-2)16-19/h12-14,16,20H,4-11,15,17H2,1-3H3. The van der Waals surface area contributed by atoms with Crippen molar-refractivity contribution in [3.63, 3.8) is 0 Å². The minimum Gasteiger partial charge on any atom is -0.456 e. The van der Waals surface area contributed by atoms with Gasteiger partial charge in [-0.25, -0.2) is 4.79 Å². The van der Waals surface area contributed by atoms with Crippen molar-refractivity contribution >= 4 is 5.97 Å². The van der Waals surface area contributed by atoms with Gasteiger partial charge in [0.2, 0.25) is 0 Å². The van der Waals surface area contributed by atoms with Crippen molar-refractivity contribution < 1.29 is 14.3 Å². The predicted molar refractivity (Wildman–Crippen MR) is 99.5 cm³/mol. The number of methoxy groups -OCH3 is 1. The summed E-state index contributed by atoms with van der Waals surface area (Å²) in [6.45, 7) is 4.79. The van der Waals surface area contributed by atoms with Crippen LogP contribution in [-0.4, -0.2) is 25.8 Å². The van der Waals surface area contributed by atoms with Crippen LogP contribution in [0.5, 0.6) is 0 Å². The minimum atomic E-state index is -0.240. The van der Waals surface area contributed by atoms with E-state index in [-0.39, 0.29) is 12.1 Å². The van der Waals surface area contributed by atoms with Gasteiger partial charge in [-0.05, 0) is 37.0 Å². The second kappa shape index (κ2) is 13.0. The molecule has 0 heterocycles. The lowest BCUT2D eigenvalue weighted by Gasteiger charge is -2.17. The van der Waals surface area contributed by atoms with Gasteiger partial charge in [0.15, 0.2) is 0 Å². The quantitative estimate of drug-likeness (QED) is 0.350. The normalized spacial score (nSPS) is 12.1. The first-order valence-electron chi connectivity index (χ1n) is 9.50. The Morgan fingerprint density at radius 1 is 1.04 bits per heavy atom. The maximum Gasteiger partial charge on any atom is 0.338 e. The summed E-state index contributed by atoms with van der Waals surface area (Å²) in [5.74, 6) is -0.240. The van der Waals surface area contributed by atoms with Gasteiger partial charge in [-0.15, -0.1) is 0 Å². The van der Waals surface area contributed by atoms with Crippen LogP contribution in [-0.2, 0) is 15.9 Å². The maximum absolute atomic E-state index is 12.3. The third-order valence-corrected chi connectivity index (χ3v) is 4.33. The van der Waals surface area contributed by atoms with Crippen LogP contribution < -0.4 is 0 Å². The summed E-state index contributed by atoms with van der Waals surface area (Å²) in [5, 5.41) is 0. The van der Waals surface area contributed by atoms with Crippen molar-refractivity contribution in [2.24, 2.45) is 0 Å². The minimum absolute atomic E-state index is 0.150. The number of aryl methyl sites for hydroxylation is 1. The summed E-state index contributed by atoms with van der Waals surface area (Å²) in [5.41, 5.74) is 1.79. The maximum atomic E-state index is 12.3. The average molecular weight is 335 g/mol. The summed E-state index contributed by atoms with van der Waals surface area (Å²) in [7, 11) is 1.66. The molecule has 1 aromatic rings. The predicted octanol–water partition coefficient (Wildman–Crippen LogP) is 5.56. The van der Waals surface area contributed by atoms with Crippen molar-refractivity contribution in [3.05, 3.63) is 35.4 Å². The Labute approximate surface area is 147 Å². The number of carbonyl (C=O) groups is 1. The van der Waals surface area contributed by atoms with Crippen molar-refractivity contribution in [3.8, 4) is 0 Å². The first-order chi connectivity index (χ1) is 11.7. The molecule has 0 aromatic heterocycles. The number of benzene rings is 1. The van der Waals surface area contributed by atoms with Crippen LogP contribution in [0.4, 0.5) is 0 Å². The van der Waals surface area contributed by atoms with Gasteiger partial charge >= 0.3 is 5.97 Å². The molecule has 1 atom stereocenters. The monoisotopic (exact) mass is 334 g/mol. The third kappa shape index (κ3) is 8.49. The molecule has 1 unspecified atom stereocenters. The highest BCUT2D eigenvalue weighted by atomic mass is 16.6. The van der Waals surface area contributed by atoms with Gasteiger partial charge in [0.1, 0.15) is 6.10 Å². The lowest BCUT2D eigenvalue weighted by molar-refractivity contribution is 0.00236. The van der Waals surface area contributed by atoms with E-state index in [1.807, 2.05) is 24.3 Å². The van der Waals surface area contributed by atoms with E-state index in [9.17, 15) is 4.79 Å². The van der Waals surface area contributed by atoms with Crippen LogP contribution in [0.15, 0.2) is 24.3 Å². The molecule has 24 heavy (non-hydrogen) atoms. The van der Waals surface area contributed by atoms with Crippen LogP contribution in [0.2, 0.25) is 0 Å². The van der Waals surface area contributed by atoms with Crippen LogP contribution in [0.25, 0.3) is 0 Å². The first kappa shape index (κ1) is 20.7. The summed E-state index contributed by atoms with van der Waals surface area (Å²) < 4.78 is 10.9. The van der Waals surface area contributed by atoms with Gasteiger partial charge in [-0.2, -0.15) is 0 Å². The fourth-order valence-electron chi connectivity index (χ4n) is 2.83. The molecular weight excluding hydrogens is 300 g/mol. The molecule has 0 aliphatic carbocycles. The summed E-state index contributed by atoms with van der Waals surface area (Å²) in [4.78, 5) is 12.3. The van der Waals surface area contributed by atoms with E-state index < -0.39 is 0 Å². The van der Waals surface area contributed by atoms with E-state index in [0.717, 1.165) is 24.8 Å². The van der Waals surface area contributed by atoms with Gasteiger partial charge in [-0.1, -0.05) is 64.5 Å². The molecule has 0 saturated carbocycles. The molecule has 0 aliphatic heterocycles. The fourth-order valence-corrected chi connectivity index (χ4v) is 2.83. The van der Waals surface area contributed by atoms with Crippen molar-refractivity contribution in [1.82, 2.24) is 0 Å². The Balaban J connectivity index is 2.37. The van der Waals surface area contributed by atoms with E-state index in [1.54, 1.807) is 7.11 Å². The fraction of sp³-hybridized carbons (Fsp3) is 0.667. The Morgan fingerprint density at radius 3 is 2.42 bits per heavy atom. The average Bonchev–Trinajstić information content (AvgIpc) is 2.61. The SMILES string of the molecule is CCCCCCCCCC(COC)OC(=O)c1cccc(CC)c1. The Morgan fingerprint density at radius 2 is 1.75 bits per heavy atom. The summed E-state index contributed by atoms with van der Waals surface area (Å²) in [6.07, 6.45) is 10.5. The zero-order chi connectivity index (χ0) is 17.6. The van der Waals surface area contributed by atoms with E-state index in [1.165, 1.54) is 38.5 Å². The van der Waals surface area contributed by atoms with E-state index in [4.69, 9.17) is 9.47 Å². The molecule has 0 spiro atoms. The van der Waals surface area contributed by atoms with Gasteiger partial charge < -0.3 is 9.47 Å². The van der Waals surface area contributed by atoms with Gasteiger partial charge in [0.05, 0.1) is 12.2 Å². The van der Waals surface area contributed by atoms with E-state index >= 15 is 0 Å². The third-order valence-electron chi connectivity index (χ3n) is 4.33. The van der Waals surface area contributed by atoms with Gasteiger partial charge in [0.25, 0.3) is 0 Å². The number of esters is 1. The van der Waals surface area contributed by atoms with Gasteiger partial charge in [0, 0.05) is 7.11 Å². The van der Waals surface area contributed by atoms with E-state index in [0.29, 0.717) is 12.2 Å². The largest absolute Gasteiger partial charge is 0.456 e. The highest BCUT2D eigenvalue weighted by Crippen LogP contribution is 2.14. The van der Waals surface area contributed by atoms with Crippen molar-refractivity contribution in [2.75, 3.05) is 13.7 Å². The molecule has 0 fully saturated rings. The zero-order valence-electron chi connectivity index (χ0n) is 15.7. The molecule has 0 bridgehead atoms. The second-order valence-corrected chi connectivity index (χ2v) is 6.45. The highest BCUT2D eigenvalue weighted by Gasteiger charge is 2.16. The Hall–Kier alpha value is -1.35. The van der Waals surface area contributed by atoms with E-state index in [2.05, 4.69) is 13.8 Å². The second-order valence-electron chi connectivity index (χ2n) is 6.45. The van der Waals surface area contributed by atoms with Crippen molar-refractivity contribution in [2.45, 2.75) is 77.7 Å². The molecule has 1 rings (SSSR count). The summed E-state index contributed by atoms with van der Waals surface area (Å²) in [6, 6.07) is 7.68. The number of rotatable bonds is 13. The zero-order valence-corrected chi connectivity index (χ0v) is 15.7. The van der Waals surface area contributed by atoms with Crippen molar-refractivity contribution in [1.29, 1.82) is 0 Å². The molecule has 0 N–H and O–H groups in total. The molecule has 3 heteroatoms. The molecule has 0 aliphatic rings. The van der Waals surface area contributed by atoms with Gasteiger partial charge in [-0.3, -0.25) is 0 Å². The van der Waals surface area contributed by atoms with Crippen LogP contribution in [0.3, 0.4) is 0 Å². The number of unbranched alkanes of at least 4 members (excludes halogenated alkanes) is 6. The van der Waals surface area contributed by atoms with Crippen LogP contribution in [0, 0.1) is 0 Å². The Bertz CT molecular complexity index is 456. The molecule has 0 amide bonds. The topological polar surface area (TPSA) is 35.5 Å². The number of ether oxygens (including phenoxy) is 2.